The first-order valence-corrected chi connectivity index (χ1v) is 10.8. The van der Waals surface area contributed by atoms with Gasteiger partial charge in [0, 0.05) is 19.8 Å². The number of hydrogen-bond acceptors (Lipinski definition) is 3. The average molecular weight is 475 g/mol. The molecule has 0 aliphatic heterocycles. The van der Waals surface area contributed by atoms with E-state index in [-0.39, 0.29) is 0 Å². The van der Waals surface area contributed by atoms with Gasteiger partial charge in [-0.25, -0.2) is 0 Å². The molecule has 0 spiro atoms. The van der Waals surface area contributed by atoms with Crippen LogP contribution >= 0.6 is 28.1 Å². The number of rotatable bonds is 6. The van der Waals surface area contributed by atoms with Crippen LogP contribution in [0.15, 0.2) is 34.9 Å². The van der Waals surface area contributed by atoms with Crippen molar-refractivity contribution in [1.29, 1.82) is 0 Å². The van der Waals surface area contributed by atoms with Gasteiger partial charge in [0.15, 0.2) is 5.11 Å². The van der Waals surface area contributed by atoms with Crippen LogP contribution in [-0.2, 0) is 19.6 Å². The number of halogens is 1. The largest absolute Gasteiger partial charge is 0.346 e. The summed E-state index contributed by atoms with van der Waals surface area (Å²) in [5, 5.41) is 13.3. The highest BCUT2D eigenvalue weighted by atomic mass is 79.9. The van der Waals surface area contributed by atoms with Gasteiger partial charge in [-0.3, -0.25) is 9.36 Å². The fourth-order valence-electron chi connectivity index (χ4n) is 3.19. The molecule has 1 aromatic carbocycles. The summed E-state index contributed by atoms with van der Waals surface area (Å²) in [5.41, 5.74) is 6.46. The maximum atomic E-state index is 5.64. The van der Waals surface area contributed by atoms with Crippen molar-refractivity contribution >= 4 is 38.9 Å². The number of anilines is 1. The van der Waals surface area contributed by atoms with Crippen LogP contribution in [0.25, 0.3) is 0 Å². The van der Waals surface area contributed by atoms with Gasteiger partial charge < -0.3 is 10.2 Å². The Kier molecular flexibility index (Phi) is 6.74. The Balaban J connectivity index is 1.72. The van der Waals surface area contributed by atoms with Gasteiger partial charge in [-0.15, -0.1) is 0 Å². The quantitative estimate of drug-likeness (QED) is 0.526. The molecule has 154 valence electrons. The number of thiocarbonyl (C=S) groups is 1. The van der Waals surface area contributed by atoms with Crippen LogP contribution in [0, 0.1) is 20.8 Å². The van der Waals surface area contributed by atoms with Gasteiger partial charge in [0.1, 0.15) is 0 Å². The van der Waals surface area contributed by atoms with Gasteiger partial charge in [-0.05, 0) is 67.0 Å². The summed E-state index contributed by atoms with van der Waals surface area (Å²) >= 11 is 9.22. The van der Waals surface area contributed by atoms with E-state index in [1.807, 2.05) is 34.4 Å². The topological polar surface area (TPSA) is 50.9 Å². The zero-order valence-corrected chi connectivity index (χ0v) is 19.9. The van der Waals surface area contributed by atoms with Crippen LogP contribution in [0.3, 0.4) is 0 Å². The lowest BCUT2D eigenvalue weighted by Crippen LogP contribution is -2.31. The van der Waals surface area contributed by atoms with E-state index in [9.17, 15) is 0 Å². The van der Waals surface area contributed by atoms with E-state index in [0.717, 1.165) is 40.3 Å². The summed E-state index contributed by atoms with van der Waals surface area (Å²) < 4.78 is 4.93. The Bertz CT molecular complexity index is 1020. The van der Waals surface area contributed by atoms with Crippen molar-refractivity contribution in [3.63, 3.8) is 0 Å². The van der Waals surface area contributed by atoms with E-state index < -0.39 is 0 Å². The highest BCUT2D eigenvalue weighted by molar-refractivity contribution is 9.10. The first-order chi connectivity index (χ1) is 13.8. The third-order valence-electron chi connectivity index (χ3n) is 5.04. The van der Waals surface area contributed by atoms with Gasteiger partial charge in [0.2, 0.25) is 0 Å². The lowest BCUT2D eigenvalue weighted by Gasteiger charge is -2.20. The molecule has 0 saturated carbocycles. The normalized spacial score (nSPS) is 11.0. The molecule has 2 heterocycles. The average Bonchev–Trinajstić information content (AvgIpc) is 3.17. The molecule has 0 atom stereocenters. The highest BCUT2D eigenvalue weighted by Crippen LogP contribution is 2.22. The Morgan fingerprint density at radius 1 is 1.21 bits per heavy atom. The molecular formula is C21H27BrN6S. The van der Waals surface area contributed by atoms with Gasteiger partial charge in [0.05, 0.1) is 40.3 Å². The second kappa shape index (κ2) is 9.09. The van der Waals surface area contributed by atoms with Crippen LogP contribution in [0.2, 0.25) is 0 Å². The maximum Gasteiger partial charge on any atom is 0.173 e. The van der Waals surface area contributed by atoms with E-state index in [1.54, 1.807) is 0 Å². The molecule has 29 heavy (non-hydrogen) atoms. The van der Waals surface area contributed by atoms with E-state index in [1.165, 1.54) is 11.1 Å². The molecule has 0 amide bonds. The van der Waals surface area contributed by atoms with Crippen molar-refractivity contribution < 1.29 is 0 Å². The van der Waals surface area contributed by atoms with Crippen molar-refractivity contribution in [2.45, 2.75) is 47.3 Å². The first kappa shape index (κ1) is 21.5. The molecule has 3 rings (SSSR count). The van der Waals surface area contributed by atoms with Crippen molar-refractivity contribution in [3.8, 4) is 0 Å². The van der Waals surface area contributed by atoms with Crippen LogP contribution < -0.4 is 5.32 Å². The molecule has 2 aromatic heterocycles. The predicted molar refractivity (Wildman–Crippen MR) is 125 cm³/mol. The Morgan fingerprint density at radius 3 is 2.59 bits per heavy atom. The third-order valence-corrected chi connectivity index (χ3v) is 6.12. The summed E-state index contributed by atoms with van der Waals surface area (Å²) in [7, 11) is 1.97. The minimum absolute atomic E-state index is 0.620. The number of benzene rings is 1. The fourth-order valence-corrected chi connectivity index (χ4v) is 3.79. The molecule has 8 heteroatoms. The van der Waals surface area contributed by atoms with Crippen molar-refractivity contribution in [3.05, 3.63) is 63.1 Å². The molecule has 3 aromatic rings. The van der Waals surface area contributed by atoms with Crippen molar-refractivity contribution in [1.82, 2.24) is 24.5 Å². The van der Waals surface area contributed by atoms with E-state index in [4.69, 9.17) is 17.3 Å². The summed E-state index contributed by atoms with van der Waals surface area (Å²) in [5.74, 6) is 0. The second-order valence-electron chi connectivity index (χ2n) is 7.20. The SMILES string of the molecule is CCn1cc(Br)c(CN(C)C(=S)Nc2c(C)nn(Cc3ccccc3C)c2C)n1. The number of aryl methyl sites for hydroxylation is 3. The van der Waals surface area contributed by atoms with Crippen LogP contribution in [0.1, 0.15) is 35.1 Å². The Labute approximate surface area is 186 Å². The van der Waals surface area contributed by atoms with Gasteiger partial charge in [-0.1, -0.05) is 24.3 Å². The zero-order valence-electron chi connectivity index (χ0n) is 17.5. The highest BCUT2D eigenvalue weighted by Gasteiger charge is 2.16. The van der Waals surface area contributed by atoms with Crippen LogP contribution in [-0.4, -0.2) is 36.6 Å². The van der Waals surface area contributed by atoms with Crippen molar-refractivity contribution in [2.75, 3.05) is 12.4 Å². The summed E-state index contributed by atoms with van der Waals surface area (Å²) in [6.07, 6.45) is 1.99. The van der Waals surface area contributed by atoms with Crippen LogP contribution in [0.5, 0.6) is 0 Å². The Hall–Kier alpha value is -2.19. The lowest BCUT2D eigenvalue weighted by atomic mass is 10.1. The van der Waals surface area contributed by atoms with E-state index >= 15 is 0 Å². The predicted octanol–water partition coefficient (Wildman–Crippen LogP) is 4.66. The van der Waals surface area contributed by atoms with Crippen LogP contribution in [0.4, 0.5) is 5.69 Å². The maximum absolute atomic E-state index is 5.64. The molecule has 0 fully saturated rings. The van der Waals surface area contributed by atoms with E-state index in [0.29, 0.717) is 11.7 Å². The molecule has 0 aliphatic carbocycles. The second-order valence-corrected chi connectivity index (χ2v) is 8.44. The molecule has 0 radical (unpaired) electrons. The molecule has 6 nitrogen and oxygen atoms in total. The standard InChI is InChI=1S/C21H27BrN6S/c1-6-27-12-18(22)19(25-27)13-26(5)21(29)23-20-15(3)24-28(16(20)4)11-17-10-8-7-9-14(17)2/h7-10,12H,6,11,13H2,1-5H3,(H,23,29). The molecular weight excluding hydrogens is 448 g/mol. The molecule has 0 saturated heterocycles. The number of aromatic nitrogens is 4. The molecule has 1 N–H and O–H groups in total. The van der Waals surface area contributed by atoms with E-state index in [2.05, 4.69) is 71.4 Å². The van der Waals surface area contributed by atoms with Crippen molar-refractivity contribution in [2.24, 2.45) is 0 Å². The number of nitrogens with zero attached hydrogens (tertiary/aromatic N) is 5. The van der Waals surface area contributed by atoms with Gasteiger partial charge in [-0.2, -0.15) is 10.2 Å². The minimum Gasteiger partial charge on any atom is -0.346 e. The fraction of sp³-hybridized carbons (Fsp3) is 0.381. The summed E-state index contributed by atoms with van der Waals surface area (Å²) in [4.78, 5) is 1.99. The number of hydrogen-bond donors (Lipinski definition) is 1. The third kappa shape index (κ3) is 4.87. The minimum atomic E-state index is 0.620. The first-order valence-electron chi connectivity index (χ1n) is 9.62. The number of nitrogens with one attached hydrogen (secondary N) is 1. The smallest absolute Gasteiger partial charge is 0.173 e. The monoisotopic (exact) mass is 474 g/mol. The summed E-state index contributed by atoms with van der Waals surface area (Å²) in [6, 6.07) is 8.39. The molecule has 0 aliphatic rings. The van der Waals surface area contributed by atoms with Gasteiger partial charge in [0.25, 0.3) is 0 Å². The zero-order chi connectivity index (χ0) is 21.1. The molecule has 0 unspecified atom stereocenters. The molecule has 0 bridgehead atoms. The summed E-state index contributed by atoms with van der Waals surface area (Å²) in [6.45, 7) is 10.5. The lowest BCUT2D eigenvalue weighted by molar-refractivity contribution is 0.491. The Morgan fingerprint density at radius 2 is 1.93 bits per heavy atom. The van der Waals surface area contributed by atoms with Gasteiger partial charge >= 0.3 is 0 Å².